The van der Waals surface area contributed by atoms with Crippen molar-refractivity contribution in [2.24, 2.45) is 7.05 Å². The summed E-state index contributed by atoms with van der Waals surface area (Å²) in [6.07, 6.45) is 1.86. The van der Waals surface area contributed by atoms with Crippen molar-refractivity contribution in [3.05, 3.63) is 88.8 Å². The monoisotopic (exact) mass is 403 g/mol. The predicted molar refractivity (Wildman–Crippen MR) is 119 cm³/mol. The number of fused-ring (bicyclic) bond motifs is 1. The summed E-state index contributed by atoms with van der Waals surface area (Å²) in [5.74, 6) is 1.54. The van der Waals surface area contributed by atoms with Gasteiger partial charge in [0.1, 0.15) is 18.1 Å². The highest BCUT2D eigenvalue weighted by Gasteiger charge is 2.11. The third kappa shape index (κ3) is 4.00. The van der Waals surface area contributed by atoms with Crippen molar-refractivity contribution in [1.29, 1.82) is 0 Å². The molecule has 0 aliphatic heterocycles. The Hall–Kier alpha value is -3.18. The number of thiol groups is 1. The van der Waals surface area contributed by atoms with Crippen LogP contribution in [-0.4, -0.2) is 11.7 Å². The van der Waals surface area contributed by atoms with Gasteiger partial charge in [-0.15, -0.1) is 12.6 Å². The van der Waals surface area contributed by atoms with Gasteiger partial charge in [0, 0.05) is 29.1 Å². The van der Waals surface area contributed by atoms with Crippen molar-refractivity contribution in [3.8, 4) is 22.6 Å². The molecule has 3 aromatic carbocycles. The molecule has 1 heterocycles. The second-order valence-corrected chi connectivity index (χ2v) is 7.37. The first-order chi connectivity index (χ1) is 14.0. The summed E-state index contributed by atoms with van der Waals surface area (Å²) in [7, 11) is 3.41. The van der Waals surface area contributed by atoms with E-state index in [0.29, 0.717) is 12.0 Å². The lowest BCUT2D eigenvalue weighted by atomic mass is 10.0. The number of nitrogens with zero attached hydrogens (tertiary/aromatic N) is 1. The topological polar surface area (TPSA) is 40.5 Å². The Labute approximate surface area is 174 Å². The Bertz CT molecular complexity index is 1230. The maximum absolute atomic E-state index is 12.5. The lowest BCUT2D eigenvalue weighted by Crippen LogP contribution is -2.16. The molecule has 0 saturated carbocycles. The van der Waals surface area contributed by atoms with Crippen molar-refractivity contribution in [2.45, 2.75) is 11.5 Å². The van der Waals surface area contributed by atoms with Crippen LogP contribution < -0.4 is 15.0 Å². The highest BCUT2D eigenvalue weighted by Crippen LogP contribution is 2.32. The van der Waals surface area contributed by atoms with E-state index in [1.807, 2.05) is 72.9 Å². The molecule has 0 radical (unpaired) electrons. The van der Waals surface area contributed by atoms with Crippen LogP contribution in [0.4, 0.5) is 0 Å². The molecule has 0 aliphatic rings. The largest absolute Gasteiger partial charge is 0.497 e. The van der Waals surface area contributed by atoms with Gasteiger partial charge in [0.25, 0.3) is 5.56 Å². The van der Waals surface area contributed by atoms with Gasteiger partial charge in [-0.1, -0.05) is 30.3 Å². The summed E-state index contributed by atoms with van der Waals surface area (Å²) in [4.78, 5) is 13.3. The molecular weight excluding hydrogens is 382 g/mol. The van der Waals surface area contributed by atoms with Crippen LogP contribution in [0.2, 0.25) is 0 Å². The predicted octanol–water partition coefficient (Wildman–Crippen LogP) is 5.08. The van der Waals surface area contributed by atoms with Gasteiger partial charge < -0.3 is 14.0 Å². The minimum atomic E-state index is -0.0117. The minimum absolute atomic E-state index is 0.0117. The third-order valence-corrected chi connectivity index (χ3v) is 5.12. The van der Waals surface area contributed by atoms with Gasteiger partial charge in [0.15, 0.2) is 0 Å². The second kappa shape index (κ2) is 8.05. The zero-order chi connectivity index (χ0) is 20.4. The lowest BCUT2D eigenvalue weighted by Gasteiger charge is -2.13. The molecule has 1 aromatic heterocycles. The highest BCUT2D eigenvalue weighted by molar-refractivity contribution is 7.80. The normalized spacial score (nSPS) is 10.9. The maximum Gasteiger partial charge on any atom is 0.258 e. The number of hydrogen-bond donors (Lipinski definition) is 1. The van der Waals surface area contributed by atoms with Crippen LogP contribution in [0.3, 0.4) is 0 Å². The van der Waals surface area contributed by atoms with E-state index in [4.69, 9.17) is 9.47 Å². The molecule has 5 heteroatoms. The van der Waals surface area contributed by atoms with Gasteiger partial charge in [-0.25, -0.2) is 0 Å². The molecule has 0 atom stereocenters. The fourth-order valence-corrected chi connectivity index (χ4v) is 3.62. The molecule has 4 aromatic rings. The van der Waals surface area contributed by atoms with Crippen LogP contribution in [0.1, 0.15) is 5.56 Å². The highest BCUT2D eigenvalue weighted by atomic mass is 32.1. The number of methoxy groups -OCH3 is 1. The van der Waals surface area contributed by atoms with Crippen molar-refractivity contribution < 1.29 is 9.47 Å². The number of aromatic nitrogens is 1. The van der Waals surface area contributed by atoms with E-state index in [1.54, 1.807) is 18.7 Å². The number of pyridine rings is 1. The van der Waals surface area contributed by atoms with E-state index in [9.17, 15) is 4.79 Å². The van der Waals surface area contributed by atoms with Gasteiger partial charge in [-0.05, 0) is 52.9 Å². The standard InChI is InChI=1S/C24H21NO3S/c1-25-14-23(21-5-3-4-6-22(21)24(25)26)17-11-19(13-20(29)12-17)28-15-16-7-9-18(27-2)10-8-16/h3-14,29H,15H2,1-2H3. The van der Waals surface area contributed by atoms with Crippen molar-refractivity contribution in [1.82, 2.24) is 4.57 Å². The number of benzene rings is 3. The van der Waals surface area contributed by atoms with E-state index in [-0.39, 0.29) is 5.56 Å². The Morgan fingerprint density at radius 2 is 1.66 bits per heavy atom. The van der Waals surface area contributed by atoms with E-state index >= 15 is 0 Å². The summed E-state index contributed by atoms with van der Waals surface area (Å²) in [6.45, 7) is 0.439. The molecule has 0 saturated heterocycles. The molecule has 0 unspecified atom stereocenters. The SMILES string of the molecule is COc1ccc(COc2cc(S)cc(-c3cn(C)c(=O)c4ccccc34)c2)cc1. The fourth-order valence-electron chi connectivity index (χ4n) is 3.36. The summed E-state index contributed by atoms with van der Waals surface area (Å²) in [5, 5.41) is 1.61. The zero-order valence-electron chi connectivity index (χ0n) is 16.3. The van der Waals surface area contributed by atoms with Crippen LogP contribution in [0, 0.1) is 0 Å². The first kappa shape index (κ1) is 19.2. The van der Waals surface area contributed by atoms with Crippen molar-refractivity contribution >= 4 is 23.4 Å². The van der Waals surface area contributed by atoms with Crippen LogP contribution in [0.25, 0.3) is 21.9 Å². The molecule has 4 rings (SSSR count). The lowest BCUT2D eigenvalue weighted by molar-refractivity contribution is 0.305. The fraction of sp³-hybridized carbons (Fsp3) is 0.125. The van der Waals surface area contributed by atoms with E-state index in [1.165, 1.54) is 0 Å². The van der Waals surface area contributed by atoms with Crippen molar-refractivity contribution in [2.75, 3.05) is 7.11 Å². The van der Waals surface area contributed by atoms with Gasteiger partial charge in [-0.3, -0.25) is 4.79 Å². The van der Waals surface area contributed by atoms with Gasteiger partial charge >= 0.3 is 0 Å². The first-order valence-corrected chi connectivity index (χ1v) is 9.68. The minimum Gasteiger partial charge on any atom is -0.497 e. The van der Waals surface area contributed by atoms with Crippen molar-refractivity contribution in [3.63, 3.8) is 0 Å². The van der Waals surface area contributed by atoms with Gasteiger partial charge in [-0.2, -0.15) is 0 Å². The average molecular weight is 404 g/mol. The van der Waals surface area contributed by atoms with Crippen LogP contribution in [0.5, 0.6) is 11.5 Å². The quantitative estimate of drug-likeness (QED) is 0.472. The van der Waals surface area contributed by atoms with E-state index in [0.717, 1.165) is 38.5 Å². The molecule has 0 fully saturated rings. The molecule has 0 bridgehead atoms. The van der Waals surface area contributed by atoms with Crippen LogP contribution in [-0.2, 0) is 13.7 Å². The van der Waals surface area contributed by atoms with Gasteiger partial charge in [0.2, 0.25) is 0 Å². The summed E-state index contributed by atoms with van der Waals surface area (Å²) < 4.78 is 12.8. The summed E-state index contributed by atoms with van der Waals surface area (Å²) >= 11 is 4.56. The number of ether oxygens (including phenoxy) is 2. The van der Waals surface area contributed by atoms with Crippen LogP contribution >= 0.6 is 12.6 Å². The Morgan fingerprint density at radius 3 is 2.38 bits per heavy atom. The molecule has 29 heavy (non-hydrogen) atoms. The van der Waals surface area contributed by atoms with Crippen LogP contribution in [0.15, 0.2) is 82.6 Å². The Morgan fingerprint density at radius 1 is 0.931 bits per heavy atom. The van der Waals surface area contributed by atoms with E-state index < -0.39 is 0 Å². The molecular formula is C24H21NO3S. The van der Waals surface area contributed by atoms with E-state index in [2.05, 4.69) is 12.6 Å². The summed E-state index contributed by atoms with van der Waals surface area (Å²) in [6, 6.07) is 21.3. The molecule has 0 N–H and O–H groups in total. The Kier molecular flexibility index (Phi) is 5.32. The molecule has 146 valence electrons. The number of rotatable bonds is 5. The molecule has 0 spiro atoms. The smallest absolute Gasteiger partial charge is 0.258 e. The molecule has 0 aliphatic carbocycles. The van der Waals surface area contributed by atoms with Gasteiger partial charge in [0.05, 0.1) is 7.11 Å². The molecule has 0 amide bonds. The number of hydrogen-bond acceptors (Lipinski definition) is 4. The summed E-state index contributed by atoms with van der Waals surface area (Å²) in [5.41, 5.74) is 2.95. The zero-order valence-corrected chi connectivity index (χ0v) is 17.1. The maximum atomic E-state index is 12.5. The molecule has 4 nitrogen and oxygen atoms in total. The first-order valence-electron chi connectivity index (χ1n) is 9.23. The average Bonchev–Trinajstić information content (AvgIpc) is 2.75. The second-order valence-electron chi connectivity index (χ2n) is 6.86. The third-order valence-electron chi connectivity index (χ3n) is 4.86. The number of aryl methyl sites for hydroxylation is 1. The Balaban J connectivity index is 1.69.